The summed E-state index contributed by atoms with van der Waals surface area (Å²) in [5, 5.41) is 6.79. The molecular weight excluding hydrogens is 325 g/mol. The van der Waals surface area contributed by atoms with E-state index in [0.717, 1.165) is 62.7 Å². The van der Waals surface area contributed by atoms with Crippen LogP contribution in [0.15, 0.2) is 23.2 Å². The van der Waals surface area contributed by atoms with Gasteiger partial charge in [-0.2, -0.15) is 11.8 Å². The van der Waals surface area contributed by atoms with E-state index in [9.17, 15) is 4.39 Å². The Morgan fingerprint density at radius 1 is 1.33 bits per heavy atom. The number of thioether (sulfide) groups is 1. The summed E-state index contributed by atoms with van der Waals surface area (Å²) in [6.07, 6.45) is 5.13. The highest BCUT2D eigenvalue weighted by Gasteiger charge is 2.31. The van der Waals surface area contributed by atoms with E-state index < -0.39 is 0 Å². The highest BCUT2D eigenvalue weighted by atomic mass is 32.2. The molecule has 0 aliphatic carbocycles. The molecule has 0 unspecified atom stereocenters. The van der Waals surface area contributed by atoms with E-state index >= 15 is 0 Å². The van der Waals surface area contributed by atoms with Gasteiger partial charge in [-0.25, -0.2) is 4.39 Å². The number of halogens is 1. The number of hydrogen-bond acceptors (Lipinski definition) is 3. The van der Waals surface area contributed by atoms with Gasteiger partial charge in [-0.15, -0.1) is 0 Å². The van der Waals surface area contributed by atoms with Crippen molar-refractivity contribution in [3.63, 3.8) is 0 Å². The Labute approximate surface area is 148 Å². The number of hydrogen-bond donors (Lipinski definition) is 2. The average molecular weight is 354 g/mol. The fourth-order valence-electron chi connectivity index (χ4n) is 2.92. The van der Waals surface area contributed by atoms with E-state index in [1.165, 1.54) is 6.07 Å². The minimum Gasteiger partial charge on any atom is -0.381 e. The monoisotopic (exact) mass is 353 g/mol. The van der Waals surface area contributed by atoms with E-state index in [2.05, 4.69) is 21.9 Å². The normalized spacial score (nSPS) is 17.6. The van der Waals surface area contributed by atoms with Crippen molar-refractivity contribution in [1.29, 1.82) is 0 Å². The Morgan fingerprint density at radius 2 is 2.08 bits per heavy atom. The number of ether oxygens (including phenoxy) is 1. The maximum absolute atomic E-state index is 13.1. The first-order valence-corrected chi connectivity index (χ1v) is 9.63. The molecule has 2 rings (SSSR count). The molecule has 1 aliphatic rings. The van der Waals surface area contributed by atoms with Gasteiger partial charge in [0.25, 0.3) is 0 Å². The molecule has 0 aromatic heterocycles. The van der Waals surface area contributed by atoms with Gasteiger partial charge in [0.15, 0.2) is 5.96 Å². The highest BCUT2D eigenvalue weighted by molar-refractivity contribution is 8.00. The lowest BCUT2D eigenvalue weighted by atomic mass is 9.99. The minimum absolute atomic E-state index is 0.180. The van der Waals surface area contributed by atoms with Crippen LogP contribution >= 0.6 is 11.8 Å². The van der Waals surface area contributed by atoms with Gasteiger partial charge < -0.3 is 15.4 Å². The van der Waals surface area contributed by atoms with Gasteiger partial charge in [-0.1, -0.05) is 6.07 Å². The van der Waals surface area contributed by atoms with Crippen LogP contribution < -0.4 is 10.6 Å². The Kier molecular flexibility index (Phi) is 7.37. The van der Waals surface area contributed by atoms with Crippen molar-refractivity contribution < 1.29 is 9.13 Å². The van der Waals surface area contributed by atoms with E-state index in [-0.39, 0.29) is 10.6 Å². The van der Waals surface area contributed by atoms with Crippen molar-refractivity contribution in [2.24, 2.45) is 4.99 Å². The van der Waals surface area contributed by atoms with Crippen molar-refractivity contribution in [3.05, 3.63) is 35.1 Å². The second kappa shape index (κ2) is 9.28. The Balaban J connectivity index is 1.80. The molecule has 1 fully saturated rings. The number of benzene rings is 1. The van der Waals surface area contributed by atoms with Crippen molar-refractivity contribution in [1.82, 2.24) is 10.6 Å². The molecule has 6 heteroatoms. The molecule has 1 aliphatic heterocycles. The lowest BCUT2D eigenvalue weighted by Gasteiger charge is -2.36. The van der Waals surface area contributed by atoms with Crippen molar-refractivity contribution >= 4 is 17.7 Å². The second-order valence-corrected chi connectivity index (χ2v) is 7.45. The number of rotatable bonds is 6. The average Bonchev–Trinajstić information content (AvgIpc) is 2.60. The topological polar surface area (TPSA) is 45.7 Å². The van der Waals surface area contributed by atoms with E-state index in [0.29, 0.717) is 0 Å². The van der Waals surface area contributed by atoms with Gasteiger partial charge in [0.1, 0.15) is 5.82 Å². The SMILES string of the molecule is CN=C(NCCc1ccc(F)cc1C)NCC1(SC)CCOCC1. The van der Waals surface area contributed by atoms with Crippen LogP contribution in [-0.4, -0.2) is 50.3 Å². The zero-order valence-corrected chi connectivity index (χ0v) is 15.6. The molecule has 1 aromatic carbocycles. The predicted molar refractivity (Wildman–Crippen MR) is 101 cm³/mol. The van der Waals surface area contributed by atoms with E-state index in [1.807, 2.05) is 24.8 Å². The molecule has 1 heterocycles. The first-order valence-electron chi connectivity index (χ1n) is 8.41. The summed E-state index contributed by atoms with van der Waals surface area (Å²) in [7, 11) is 1.79. The Hall–Kier alpha value is -1.27. The molecule has 134 valence electrons. The molecule has 0 radical (unpaired) electrons. The molecule has 2 N–H and O–H groups in total. The van der Waals surface area contributed by atoms with Gasteiger partial charge in [0, 0.05) is 38.1 Å². The predicted octanol–water partition coefficient (Wildman–Crippen LogP) is 2.75. The van der Waals surface area contributed by atoms with Crippen molar-refractivity contribution in [2.45, 2.75) is 30.9 Å². The Bertz CT molecular complexity index is 559. The summed E-state index contributed by atoms with van der Waals surface area (Å²) >= 11 is 1.91. The fourth-order valence-corrected chi connectivity index (χ4v) is 3.71. The van der Waals surface area contributed by atoms with Gasteiger partial charge in [-0.3, -0.25) is 4.99 Å². The fraction of sp³-hybridized carbons (Fsp3) is 0.611. The van der Waals surface area contributed by atoms with Crippen LogP contribution in [0, 0.1) is 12.7 Å². The van der Waals surface area contributed by atoms with Crippen molar-refractivity contribution in [2.75, 3.05) is 39.6 Å². The third-order valence-electron chi connectivity index (χ3n) is 4.63. The molecule has 0 spiro atoms. The smallest absolute Gasteiger partial charge is 0.191 e. The van der Waals surface area contributed by atoms with Gasteiger partial charge in [0.05, 0.1) is 0 Å². The van der Waals surface area contributed by atoms with Crippen LogP contribution in [0.25, 0.3) is 0 Å². The lowest BCUT2D eigenvalue weighted by molar-refractivity contribution is 0.0783. The summed E-state index contributed by atoms with van der Waals surface area (Å²) in [6.45, 7) is 5.25. The molecular formula is C18H28FN3OS. The minimum atomic E-state index is -0.180. The van der Waals surface area contributed by atoms with Gasteiger partial charge >= 0.3 is 0 Å². The highest BCUT2D eigenvalue weighted by Crippen LogP contribution is 2.32. The number of nitrogens with one attached hydrogen (secondary N) is 2. The van der Waals surface area contributed by atoms with Gasteiger partial charge in [-0.05, 0) is 55.7 Å². The second-order valence-electron chi connectivity index (χ2n) is 6.17. The van der Waals surface area contributed by atoms with Crippen LogP contribution in [0.4, 0.5) is 4.39 Å². The molecule has 0 amide bonds. The third kappa shape index (κ3) is 5.38. The number of aryl methyl sites for hydroxylation is 1. The quantitative estimate of drug-likeness (QED) is 0.610. The molecule has 0 saturated carbocycles. The zero-order chi connectivity index (χ0) is 17.4. The molecule has 24 heavy (non-hydrogen) atoms. The molecule has 1 saturated heterocycles. The summed E-state index contributed by atoms with van der Waals surface area (Å²) in [5.41, 5.74) is 2.15. The first-order chi connectivity index (χ1) is 11.6. The summed E-state index contributed by atoms with van der Waals surface area (Å²) in [4.78, 5) is 4.30. The van der Waals surface area contributed by atoms with Crippen LogP contribution in [0.1, 0.15) is 24.0 Å². The molecule has 0 atom stereocenters. The molecule has 4 nitrogen and oxygen atoms in total. The third-order valence-corrected chi connectivity index (χ3v) is 6.05. The maximum atomic E-state index is 13.1. The first kappa shape index (κ1) is 19.1. The summed E-state index contributed by atoms with van der Waals surface area (Å²) in [6, 6.07) is 4.95. The van der Waals surface area contributed by atoms with E-state index in [1.54, 1.807) is 13.1 Å². The molecule has 0 bridgehead atoms. The maximum Gasteiger partial charge on any atom is 0.191 e. The van der Waals surface area contributed by atoms with E-state index in [4.69, 9.17) is 4.74 Å². The number of aliphatic imine (C=N–C) groups is 1. The molecule has 1 aromatic rings. The van der Waals surface area contributed by atoms with Crippen LogP contribution in [-0.2, 0) is 11.2 Å². The zero-order valence-electron chi connectivity index (χ0n) is 14.8. The van der Waals surface area contributed by atoms with Crippen LogP contribution in [0.3, 0.4) is 0 Å². The standard InChI is InChI=1S/C18H28FN3OS/c1-14-12-16(19)5-4-15(14)6-9-21-17(20-2)22-13-18(24-3)7-10-23-11-8-18/h4-5,12H,6-11,13H2,1-3H3,(H2,20,21,22). The van der Waals surface area contributed by atoms with Crippen LogP contribution in [0.5, 0.6) is 0 Å². The number of guanidine groups is 1. The Morgan fingerprint density at radius 3 is 2.71 bits per heavy atom. The summed E-state index contributed by atoms with van der Waals surface area (Å²) < 4.78 is 18.8. The number of nitrogens with zero attached hydrogens (tertiary/aromatic N) is 1. The van der Waals surface area contributed by atoms with Gasteiger partial charge in [0.2, 0.25) is 0 Å². The van der Waals surface area contributed by atoms with Crippen molar-refractivity contribution in [3.8, 4) is 0 Å². The summed E-state index contributed by atoms with van der Waals surface area (Å²) in [5.74, 6) is 0.634. The largest absolute Gasteiger partial charge is 0.381 e. The van der Waals surface area contributed by atoms with Crippen LogP contribution in [0.2, 0.25) is 0 Å². The lowest BCUT2D eigenvalue weighted by Crippen LogP contribution is -2.48.